The number of nitrogen functional groups attached to an aromatic ring is 1. The molecule has 0 heterocycles. The topological polar surface area (TPSA) is 92.8 Å². The molecule has 0 aliphatic rings. The molecule has 0 amide bonds. The van der Waals surface area contributed by atoms with Crippen LogP contribution in [0.3, 0.4) is 0 Å². The summed E-state index contributed by atoms with van der Waals surface area (Å²) in [6.07, 6.45) is 0.0562. The first kappa shape index (κ1) is 12.5. The standard InChI is InChI=1S/C10H14BNO4/c1-6-8(11(14)15)3-7(4-9(6)12)5-10(13)16-2/h3-4,14-15H,5,12H2,1-2H3. The quantitative estimate of drug-likeness (QED) is 0.346. The third-order valence-corrected chi connectivity index (χ3v) is 2.40. The molecule has 0 aromatic heterocycles. The van der Waals surface area contributed by atoms with Crippen molar-refractivity contribution in [3.05, 3.63) is 23.3 Å². The fourth-order valence-corrected chi connectivity index (χ4v) is 1.43. The van der Waals surface area contributed by atoms with Gasteiger partial charge in [-0.3, -0.25) is 4.79 Å². The first-order valence-corrected chi connectivity index (χ1v) is 4.77. The first-order chi connectivity index (χ1) is 7.45. The first-order valence-electron chi connectivity index (χ1n) is 4.77. The molecule has 0 aliphatic heterocycles. The molecule has 1 aromatic rings. The number of anilines is 1. The van der Waals surface area contributed by atoms with E-state index in [0.29, 0.717) is 22.3 Å². The largest absolute Gasteiger partial charge is 0.488 e. The van der Waals surface area contributed by atoms with E-state index < -0.39 is 13.1 Å². The number of nitrogens with two attached hydrogens (primary N) is 1. The molecular weight excluding hydrogens is 209 g/mol. The van der Waals surface area contributed by atoms with E-state index in [1.807, 2.05) is 0 Å². The average molecular weight is 223 g/mol. The second-order valence-corrected chi connectivity index (χ2v) is 3.53. The second kappa shape index (κ2) is 5.00. The fraction of sp³-hybridized carbons (Fsp3) is 0.300. The molecule has 0 fully saturated rings. The Bertz CT molecular complexity index is 406. The summed E-state index contributed by atoms with van der Waals surface area (Å²) >= 11 is 0. The molecule has 0 saturated heterocycles. The van der Waals surface area contributed by atoms with Crippen LogP contribution in [0.2, 0.25) is 0 Å². The molecule has 0 radical (unpaired) electrons. The second-order valence-electron chi connectivity index (χ2n) is 3.53. The van der Waals surface area contributed by atoms with E-state index in [9.17, 15) is 4.79 Å². The molecule has 0 spiro atoms. The third kappa shape index (κ3) is 2.74. The van der Waals surface area contributed by atoms with E-state index >= 15 is 0 Å². The van der Waals surface area contributed by atoms with Crippen LogP contribution >= 0.6 is 0 Å². The van der Waals surface area contributed by atoms with Gasteiger partial charge in [0.15, 0.2) is 0 Å². The van der Waals surface area contributed by atoms with Crippen molar-refractivity contribution in [1.82, 2.24) is 0 Å². The lowest BCUT2D eigenvalue weighted by Gasteiger charge is -2.10. The molecule has 6 heteroatoms. The number of esters is 1. The maximum atomic E-state index is 11.1. The van der Waals surface area contributed by atoms with Gasteiger partial charge < -0.3 is 20.5 Å². The van der Waals surface area contributed by atoms with Crippen molar-refractivity contribution in [3.63, 3.8) is 0 Å². The van der Waals surface area contributed by atoms with Gasteiger partial charge in [-0.25, -0.2) is 0 Å². The van der Waals surface area contributed by atoms with Crippen LogP contribution in [0.4, 0.5) is 5.69 Å². The van der Waals surface area contributed by atoms with Crippen molar-refractivity contribution in [2.24, 2.45) is 0 Å². The Kier molecular flexibility index (Phi) is 3.92. The number of hydrogen-bond acceptors (Lipinski definition) is 5. The highest BCUT2D eigenvalue weighted by atomic mass is 16.5. The summed E-state index contributed by atoms with van der Waals surface area (Å²) < 4.78 is 4.52. The zero-order chi connectivity index (χ0) is 12.3. The van der Waals surface area contributed by atoms with Gasteiger partial charge in [0, 0.05) is 5.69 Å². The molecule has 1 rings (SSSR count). The minimum Gasteiger partial charge on any atom is -0.469 e. The van der Waals surface area contributed by atoms with Gasteiger partial charge in [-0.15, -0.1) is 0 Å². The van der Waals surface area contributed by atoms with Gasteiger partial charge in [-0.05, 0) is 29.6 Å². The maximum Gasteiger partial charge on any atom is 0.488 e. The van der Waals surface area contributed by atoms with Crippen molar-refractivity contribution in [3.8, 4) is 0 Å². The molecule has 0 aliphatic carbocycles. The van der Waals surface area contributed by atoms with E-state index in [-0.39, 0.29) is 6.42 Å². The van der Waals surface area contributed by atoms with Gasteiger partial charge >= 0.3 is 13.1 Å². The molecule has 0 saturated carbocycles. The minimum absolute atomic E-state index is 0.0562. The Morgan fingerprint density at radius 1 is 1.50 bits per heavy atom. The number of carbonyl (C=O) groups is 1. The highest BCUT2D eigenvalue weighted by molar-refractivity contribution is 6.59. The lowest BCUT2D eigenvalue weighted by molar-refractivity contribution is -0.139. The highest BCUT2D eigenvalue weighted by Crippen LogP contribution is 2.12. The van der Waals surface area contributed by atoms with Gasteiger partial charge in [-0.1, -0.05) is 6.07 Å². The smallest absolute Gasteiger partial charge is 0.469 e. The SMILES string of the molecule is COC(=O)Cc1cc(N)c(C)c(B(O)O)c1. The van der Waals surface area contributed by atoms with Crippen molar-refractivity contribution < 1.29 is 19.6 Å². The van der Waals surface area contributed by atoms with Gasteiger partial charge in [0.25, 0.3) is 0 Å². The third-order valence-electron chi connectivity index (χ3n) is 2.40. The van der Waals surface area contributed by atoms with E-state index in [2.05, 4.69) is 4.74 Å². The molecule has 5 nitrogen and oxygen atoms in total. The van der Waals surface area contributed by atoms with Crippen LogP contribution in [0, 0.1) is 6.92 Å². The molecule has 1 aromatic carbocycles. The summed E-state index contributed by atoms with van der Waals surface area (Å²) in [5.74, 6) is -0.401. The monoisotopic (exact) mass is 223 g/mol. The van der Waals surface area contributed by atoms with E-state index in [1.54, 1.807) is 13.0 Å². The summed E-state index contributed by atoms with van der Waals surface area (Å²) in [5.41, 5.74) is 7.62. The van der Waals surface area contributed by atoms with Gasteiger partial charge in [0.1, 0.15) is 0 Å². The van der Waals surface area contributed by atoms with E-state index in [0.717, 1.165) is 0 Å². The fourth-order valence-electron chi connectivity index (χ4n) is 1.43. The minimum atomic E-state index is -1.60. The number of rotatable bonds is 3. The Hall–Kier alpha value is -1.53. The summed E-state index contributed by atoms with van der Waals surface area (Å²) in [4.78, 5) is 11.1. The molecule has 16 heavy (non-hydrogen) atoms. The van der Waals surface area contributed by atoms with Crippen LogP contribution in [-0.4, -0.2) is 30.2 Å². The molecule has 86 valence electrons. The number of ether oxygens (including phenoxy) is 1. The maximum absolute atomic E-state index is 11.1. The number of benzene rings is 1. The molecule has 0 unspecified atom stereocenters. The van der Waals surface area contributed by atoms with Gasteiger partial charge in [-0.2, -0.15) is 0 Å². The predicted octanol–water partition coefficient (Wildman–Crippen LogP) is -1.03. The zero-order valence-electron chi connectivity index (χ0n) is 9.23. The summed E-state index contributed by atoms with van der Waals surface area (Å²) in [5, 5.41) is 18.3. The van der Waals surface area contributed by atoms with Crippen LogP contribution in [0.15, 0.2) is 12.1 Å². The van der Waals surface area contributed by atoms with Crippen molar-refractivity contribution in [2.45, 2.75) is 13.3 Å². The normalized spacial score (nSPS) is 10.0. The number of hydrogen-bond donors (Lipinski definition) is 3. The summed E-state index contributed by atoms with van der Waals surface area (Å²) in [6, 6.07) is 3.16. The molecule has 4 N–H and O–H groups in total. The Morgan fingerprint density at radius 2 is 2.12 bits per heavy atom. The molecule has 0 atom stereocenters. The van der Waals surface area contributed by atoms with Crippen molar-refractivity contribution in [2.75, 3.05) is 12.8 Å². The Balaban J connectivity index is 3.09. The van der Waals surface area contributed by atoms with E-state index in [4.69, 9.17) is 15.8 Å². The summed E-state index contributed by atoms with van der Waals surface area (Å²) in [7, 11) is -0.304. The molecular formula is C10H14BNO4. The molecule has 0 bridgehead atoms. The Labute approximate surface area is 94.0 Å². The predicted molar refractivity (Wildman–Crippen MR) is 61.1 cm³/mol. The van der Waals surface area contributed by atoms with Gasteiger partial charge in [0.2, 0.25) is 0 Å². The Morgan fingerprint density at radius 3 is 2.62 bits per heavy atom. The lowest BCUT2D eigenvalue weighted by Crippen LogP contribution is -2.33. The van der Waals surface area contributed by atoms with Crippen LogP contribution in [0.1, 0.15) is 11.1 Å². The van der Waals surface area contributed by atoms with E-state index in [1.165, 1.54) is 13.2 Å². The number of carbonyl (C=O) groups excluding carboxylic acids is 1. The zero-order valence-corrected chi connectivity index (χ0v) is 9.23. The van der Waals surface area contributed by atoms with Crippen LogP contribution < -0.4 is 11.2 Å². The number of methoxy groups -OCH3 is 1. The lowest BCUT2D eigenvalue weighted by atomic mass is 9.76. The average Bonchev–Trinajstić information content (AvgIpc) is 2.22. The van der Waals surface area contributed by atoms with Gasteiger partial charge in [0.05, 0.1) is 13.5 Å². The van der Waals surface area contributed by atoms with Crippen LogP contribution in [-0.2, 0) is 16.0 Å². The highest BCUT2D eigenvalue weighted by Gasteiger charge is 2.17. The van der Waals surface area contributed by atoms with Crippen molar-refractivity contribution >= 4 is 24.2 Å². The summed E-state index contributed by atoms with van der Waals surface area (Å²) in [6.45, 7) is 1.69. The van der Waals surface area contributed by atoms with Crippen LogP contribution in [0.5, 0.6) is 0 Å². The van der Waals surface area contributed by atoms with Crippen LogP contribution in [0.25, 0.3) is 0 Å². The van der Waals surface area contributed by atoms with Crippen molar-refractivity contribution in [1.29, 1.82) is 0 Å².